The molecule has 0 radical (unpaired) electrons. The molecule has 0 saturated heterocycles. The molecule has 320 valence electrons. The summed E-state index contributed by atoms with van der Waals surface area (Å²) >= 11 is 0. The van der Waals surface area contributed by atoms with Gasteiger partial charge in [-0.1, -0.05) is 212 Å². The molecule has 10 aromatic carbocycles. The highest BCUT2D eigenvalue weighted by Crippen LogP contribution is 2.50. The molecular formula is C66H46N2. The van der Waals surface area contributed by atoms with Crippen molar-refractivity contribution in [1.29, 1.82) is 0 Å². The fraction of sp³-hybridized carbons (Fsp3) is 0.0303. The highest BCUT2D eigenvalue weighted by atomic mass is 15.2. The maximum Gasteiger partial charge on any atom is 0.0635 e. The fourth-order valence-corrected chi connectivity index (χ4v) is 10.7. The number of hydrogen-bond acceptors (Lipinski definition) is 1. The summed E-state index contributed by atoms with van der Waals surface area (Å²) in [4.78, 5) is 2.53. The first-order valence-electron chi connectivity index (χ1n) is 23.6. The van der Waals surface area contributed by atoms with Gasteiger partial charge in [0.15, 0.2) is 0 Å². The van der Waals surface area contributed by atoms with Gasteiger partial charge in [0, 0.05) is 33.8 Å². The zero-order chi connectivity index (χ0) is 45.0. The van der Waals surface area contributed by atoms with Gasteiger partial charge in [-0.2, -0.15) is 0 Å². The highest BCUT2D eigenvalue weighted by Gasteiger charge is 2.38. The molecule has 0 saturated carbocycles. The van der Waals surface area contributed by atoms with Crippen LogP contribution in [0.15, 0.2) is 267 Å². The third-order valence-electron chi connectivity index (χ3n) is 14.2. The second-order valence-electron chi connectivity index (χ2n) is 18.1. The van der Waals surface area contributed by atoms with E-state index in [-0.39, 0.29) is 12.0 Å². The molecule has 2 heterocycles. The van der Waals surface area contributed by atoms with Gasteiger partial charge in [-0.15, -0.1) is 0 Å². The minimum Gasteiger partial charge on any atom is -0.333 e. The number of anilines is 2. The van der Waals surface area contributed by atoms with E-state index in [2.05, 4.69) is 276 Å². The van der Waals surface area contributed by atoms with E-state index in [1.807, 2.05) is 0 Å². The number of allylic oxidation sites excluding steroid dienone is 2. The molecule has 11 aromatic rings. The molecule has 1 aliphatic carbocycles. The normalized spacial score (nSPS) is 15.1. The number of benzene rings is 10. The van der Waals surface area contributed by atoms with Crippen LogP contribution in [0.2, 0.25) is 0 Å². The third kappa shape index (κ3) is 6.98. The number of nitrogens with zero attached hydrogens (tertiary/aromatic N) is 2. The van der Waals surface area contributed by atoms with Crippen molar-refractivity contribution in [3.8, 4) is 61.3 Å². The van der Waals surface area contributed by atoms with Gasteiger partial charge in [-0.3, -0.25) is 0 Å². The molecule has 2 heteroatoms. The van der Waals surface area contributed by atoms with Gasteiger partial charge in [-0.05, 0) is 127 Å². The molecule has 0 spiro atoms. The molecule has 0 bridgehead atoms. The van der Waals surface area contributed by atoms with E-state index < -0.39 is 0 Å². The second kappa shape index (κ2) is 16.6. The van der Waals surface area contributed by atoms with Crippen LogP contribution in [0.25, 0.3) is 88.7 Å². The Labute approximate surface area is 397 Å². The molecule has 2 nitrogen and oxygen atoms in total. The van der Waals surface area contributed by atoms with Crippen LogP contribution in [0.1, 0.15) is 17.0 Å². The Hall–Kier alpha value is -8.72. The van der Waals surface area contributed by atoms with Crippen molar-refractivity contribution in [3.05, 3.63) is 278 Å². The van der Waals surface area contributed by atoms with Gasteiger partial charge >= 0.3 is 0 Å². The minimum absolute atomic E-state index is 0.166. The zero-order valence-electron chi connectivity index (χ0n) is 37.5. The predicted octanol–water partition coefficient (Wildman–Crippen LogP) is 17.4. The van der Waals surface area contributed by atoms with E-state index >= 15 is 0 Å². The standard InChI is InChI=1S/C66H46N2/c1-5-13-45(14-6-1)47-21-25-51(26-22-47)55-33-37-59-61-41-53(35-39-63(61)67(65(59)43-55)57-17-9-3-10-18-57)49-29-31-50(32-30-49)54-36-40-64-62(42-54)60-38-34-56(44-66(60)68(64)58-19-11-4-12-20-58)52-27-23-48(24-28-52)46-15-7-2-8-16-46/h1-44,59,65H. The van der Waals surface area contributed by atoms with Gasteiger partial charge in [0.1, 0.15) is 0 Å². The first-order valence-corrected chi connectivity index (χ1v) is 23.6. The Kier molecular flexibility index (Phi) is 9.68. The quantitative estimate of drug-likeness (QED) is 0.148. The largest absolute Gasteiger partial charge is 0.333 e. The molecule has 0 N–H and O–H groups in total. The van der Waals surface area contributed by atoms with Gasteiger partial charge in [0.25, 0.3) is 0 Å². The summed E-state index contributed by atoms with van der Waals surface area (Å²) in [6.07, 6.45) is 7.23. The van der Waals surface area contributed by atoms with Crippen LogP contribution in [0.3, 0.4) is 0 Å². The Morgan fingerprint density at radius 1 is 0.309 bits per heavy atom. The number of rotatable bonds is 8. The molecule has 68 heavy (non-hydrogen) atoms. The SMILES string of the molecule is C1=CC2c3cc(-c4ccc(-c5ccc6c(c5)c5ccc(-c7ccc(-c8ccccc8)cc7)cc5n6-c5ccccc5)cc4)ccc3N(c3ccccc3)C2C=C1c1ccc(-c2ccccc2)cc1. The predicted molar refractivity (Wildman–Crippen MR) is 287 cm³/mol. The number of para-hydroxylation sites is 2. The lowest BCUT2D eigenvalue weighted by atomic mass is 9.85. The van der Waals surface area contributed by atoms with Crippen LogP contribution >= 0.6 is 0 Å². The van der Waals surface area contributed by atoms with Crippen molar-refractivity contribution < 1.29 is 0 Å². The molecule has 2 atom stereocenters. The highest BCUT2D eigenvalue weighted by molar-refractivity contribution is 6.11. The van der Waals surface area contributed by atoms with E-state index in [0.29, 0.717) is 0 Å². The molecule has 1 aliphatic heterocycles. The first kappa shape index (κ1) is 39.6. The van der Waals surface area contributed by atoms with Crippen molar-refractivity contribution in [1.82, 2.24) is 4.57 Å². The Morgan fingerprint density at radius 2 is 0.750 bits per heavy atom. The van der Waals surface area contributed by atoms with Crippen LogP contribution in [-0.2, 0) is 0 Å². The second-order valence-corrected chi connectivity index (χ2v) is 18.1. The number of aromatic nitrogens is 1. The van der Waals surface area contributed by atoms with Crippen LogP contribution < -0.4 is 4.90 Å². The van der Waals surface area contributed by atoms with Crippen LogP contribution in [-0.4, -0.2) is 10.6 Å². The number of hydrogen-bond donors (Lipinski definition) is 0. The van der Waals surface area contributed by atoms with Crippen molar-refractivity contribution in [2.24, 2.45) is 0 Å². The maximum absolute atomic E-state index is 2.53. The smallest absolute Gasteiger partial charge is 0.0635 e. The summed E-state index contributed by atoms with van der Waals surface area (Å²) in [5.41, 5.74) is 22.1. The van der Waals surface area contributed by atoms with Gasteiger partial charge in [-0.25, -0.2) is 0 Å². The molecule has 0 amide bonds. The van der Waals surface area contributed by atoms with E-state index in [4.69, 9.17) is 0 Å². The average Bonchev–Trinajstić information content (AvgIpc) is 3.93. The lowest BCUT2D eigenvalue weighted by molar-refractivity contribution is 0.747. The van der Waals surface area contributed by atoms with E-state index in [1.54, 1.807) is 0 Å². The summed E-state index contributed by atoms with van der Waals surface area (Å²) < 4.78 is 2.41. The Bertz CT molecular complexity index is 3680. The van der Waals surface area contributed by atoms with Gasteiger partial charge < -0.3 is 9.47 Å². The van der Waals surface area contributed by atoms with Crippen molar-refractivity contribution in [2.45, 2.75) is 12.0 Å². The summed E-state index contributed by atoms with van der Waals surface area (Å²) in [5, 5.41) is 2.49. The summed E-state index contributed by atoms with van der Waals surface area (Å²) in [7, 11) is 0. The fourth-order valence-electron chi connectivity index (χ4n) is 10.7. The molecule has 2 aliphatic rings. The first-order chi connectivity index (χ1) is 33.7. The zero-order valence-corrected chi connectivity index (χ0v) is 37.5. The molecular weight excluding hydrogens is 821 g/mol. The van der Waals surface area contributed by atoms with Crippen molar-refractivity contribution in [2.75, 3.05) is 4.90 Å². The van der Waals surface area contributed by atoms with Crippen LogP contribution in [0.5, 0.6) is 0 Å². The van der Waals surface area contributed by atoms with Crippen molar-refractivity contribution >= 4 is 38.8 Å². The monoisotopic (exact) mass is 866 g/mol. The average molecular weight is 867 g/mol. The molecule has 13 rings (SSSR count). The minimum atomic E-state index is 0.166. The van der Waals surface area contributed by atoms with Crippen LogP contribution in [0, 0.1) is 0 Å². The third-order valence-corrected chi connectivity index (χ3v) is 14.2. The van der Waals surface area contributed by atoms with Gasteiger partial charge in [0.05, 0.1) is 17.1 Å². The maximum atomic E-state index is 2.53. The number of fused-ring (bicyclic) bond motifs is 6. The Morgan fingerprint density at radius 3 is 1.34 bits per heavy atom. The van der Waals surface area contributed by atoms with Crippen LogP contribution in [0.4, 0.5) is 11.4 Å². The lowest BCUT2D eigenvalue weighted by Gasteiger charge is -2.30. The van der Waals surface area contributed by atoms with E-state index in [9.17, 15) is 0 Å². The molecule has 1 aromatic heterocycles. The van der Waals surface area contributed by atoms with Crippen molar-refractivity contribution in [3.63, 3.8) is 0 Å². The lowest BCUT2D eigenvalue weighted by Crippen LogP contribution is -2.29. The topological polar surface area (TPSA) is 8.17 Å². The molecule has 0 fully saturated rings. The summed E-state index contributed by atoms with van der Waals surface area (Å²) in [6.45, 7) is 0. The van der Waals surface area contributed by atoms with E-state index in [1.165, 1.54) is 106 Å². The summed E-state index contributed by atoms with van der Waals surface area (Å²) in [5.74, 6) is 0.234. The Balaban J connectivity index is 0.818. The summed E-state index contributed by atoms with van der Waals surface area (Å²) in [6, 6.07) is 91.0. The van der Waals surface area contributed by atoms with E-state index in [0.717, 1.165) is 5.69 Å². The molecule has 2 unspecified atom stereocenters. The van der Waals surface area contributed by atoms with Gasteiger partial charge in [0.2, 0.25) is 0 Å².